The summed E-state index contributed by atoms with van der Waals surface area (Å²) in [5.74, 6) is 1.60. The van der Waals surface area contributed by atoms with Crippen molar-refractivity contribution in [3.8, 4) is 5.88 Å². The van der Waals surface area contributed by atoms with Crippen LogP contribution in [0.2, 0.25) is 0 Å². The lowest BCUT2D eigenvalue weighted by atomic mass is 9.73. The van der Waals surface area contributed by atoms with Gasteiger partial charge in [0.25, 0.3) is 0 Å². The third-order valence-corrected chi connectivity index (χ3v) is 4.14. The van der Waals surface area contributed by atoms with Crippen molar-refractivity contribution in [2.45, 2.75) is 59.4 Å². The van der Waals surface area contributed by atoms with E-state index in [-0.39, 0.29) is 0 Å². The van der Waals surface area contributed by atoms with Crippen LogP contribution in [0, 0.1) is 12.3 Å². The number of anilines is 1. The highest BCUT2D eigenvalue weighted by Gasteiger charge is 2.32. The van der Waals surface area contributed by atoms with Gasteiger partial charge in [0.1, 0.15) is 12.1 Å². The van der Waals surface area contributed by atoms with Gasteiger partial charge in [-0.3, -0.25) is 0 Å². The molecule has 1 aliphatic rings. The Balaban J connectivity index is 2.16. The van der Waals surface area contributed by atoms with Gasteiger partial charge in [-0.25, -0.2) is 9.97 Å². The maximum absolute atomic E-state index is 5.53. The second kappa shape index (κ2) is 5.76. The number of nitrogens with one attached hydrogen (secondary N) is 1. The fraction of sp³-hybridized carbons (Fsp3) is 0.733. The van der Waals surface area contributed by atoms with Gasteiger partial charge in [-0.05, 0) is 32.1 Å². The van der Waals surface area contributed by atoms with Gasteiger partial charge in [0.2, 0.25) is 5.88 Å². The number of hydrogen-bond donors (Lipinski definition) is 1. The summed E-state index contributed by atoms with van der Waals surface area (Å²) in [6.07, 6.45) is 6.69. The highest BCUT2D eigenvalue weighted by molar-refractivity contribution is 5.48. The summed E-state index contributed by atoms with van der Waals surface area (Å²) in [6, 6.07) is 0.476. The first kappa shape index (κ1) is 14.1. The quantitative estimate of drug-likeness (QED) is 0.902. The van der Waals surface area contributed by atoms with Gasteiger partial charge in [-0.1, -0.05) is 26.7 Å². The van der Waals surface area contributed by atoms with Crippen LogP contribution in [0.1, 0.15) is 52.0 Å². The Bertz CT molecular complexity index is 431. The predicted molar refractivity (Wildman–Crippen MR) is 77.6 cm³/mol. The minimum Gasteiger partial charge on any atom is -0.478 e. The lowest BCUT2D eigenvalue weighted by Crippen LogP contribution is -2.39. The highest BCUT2D eigenvalue weighted by atomic mass is 16.5. The van der Waals surface area contributed by atoms with Gasteiger partial charge in [-0.2, -0.15) is 0 Å². The van der Waals surface area contributed by atoms with Crippen LogP contribution in [0.4, 0.5) is 5.82 Å². The molecule has 1 aromatic rings. The van der Waals surface area contributed by atoms with Gasteiger partial charge < -0.3 is 10.1 Å². The minimum absolute atomic E-state index is 0.321. The molecule has 19 heavy (non-hydrogen) atoms. The van der Waals surface area contributed by atoms with Gasteiger partial charge in [0, 0.05) is 6.04 Å². The maximum atomic E-state index is 5.53. The first-order chi connectivity index (χ1) is 9.04. The lowest BCUT2D eigenvalue weighted by Gasteiger charge is -2.39. The van der Waals surface area contributed by atoms with Crippen LogP contribution < -0.4 is 10.1 Å². The Morgan fingerprint density at radius 2 is 2.16 bits per heavy atom. The average Bonchev–Trinajstić information content (AvgIpc) is 2.36. The van der Waals surface area contributed by atoms with Crippen molar-refractivity contribution in [1.29, 1.82) is 0 Å². The van der Waals surface area contributed by atoms with E-state index in [0.29, 0.717) is 23.9 Å². The first-order valence-corrected chi connectivity index (χ1v) is 7.25. The molecule has 0 bridgehead atoms. The van der Waals surface area contributed by atoms with Crippen molar-refractivity contribution in [2.24, 2.45) is 5.41 Å². The minimum atomic E-state index is 0.321. The largest absolute Gasteiger partial charge is 0.478 e. The first-order valence-electron chi connectivity index (χ1n) is 7.25. The van der Waals surface area contributed by atoms with E-state index in [9.17, 15) is 0 Å². The number of rotatable bonds is 4. The third-order valence-electron chi connectivity index (χ3n) is 4.14. The highest BCUT2D eigenvalue weighted by Crippen LogP contribution is 2.37. The molecule has 0 spiro atoms. The van der Waals surface area contributed by atoms with E-state index in [1.54, 1.807) is 6.33 Å². The van der Waals surface area contributed by atoms with Crippen LogP contribution >= 0.6 is 0 Å². The molecule has 1 unspecified atom stereocenters. The van der Waals surface area contributed by atoms with Gasteiger partial charge in [-0.15, -0.1) is 0 Å². The van der Waals surface area contributed by atoms with E-state index >= 15 is 0 Å². The Morgan fingerprint density at radius 1 is 1.37 bits per heavy atom. The SMILES string of the molecule is CCOc1ncnc(NC2CCCCC2(C)C)c1C. The summed E-state index contributed by atoms with van der Waals surface area (Å²) < 4.78 is 5.53. The number of aromatic nitrogens is 2. The van der Waals surface area contributed by atoms with E-state index in [0.717, 1.165) is 11.4 Å². The smallest absolute Gasteiger partial charge is 0.221 e. The second-order valence-corrected chi connectivity index (χ2v) is 6.02. The molecule has 1 aromatic heterocycles. The van der Waals surface area contributed by atoms with Crippen LogP contribution in [-0.2, 0) is 0 Å². The second-order valence-electron chi connectivity index (χ2n) is 6.02. The van der Waals surface area contributed by atoms with Gasteiger partial charge >= 0.3 is 0 Å². The van der Waals surface area contributed by atoms with Crippen LogP contribution in [0.15, 0.2) is 6.33 Å². The number of nitrogens with zero attached hydrogens (tertiary/aromatic N) is 2. The Morgan fingerprint density at radius 3 is 2.84 bits per heavy atom. The third kappa shape index (κ3) is 3.17. The molecule has 2 rings (SSSR count). The van der Waals surface area contributed by atoms with E-state index in [1.807, 2.05) is 13.8 Å². The van der Waals surface area contributed by atoms with Crippen LogP contribution in [0.5, 0.6) is 5.88 Å². The van der Waals surface area contributed by atoms with Crippen molar-refractivity contribution >= 4 is 5.82 Å². The maximum Gasteiger partial charge on any atom is 0.221 e. The summed E-state index contributed by atoms with van der Waals surface area (Å²) in [5.41, 5.74) is 1.33. The molecule has 1 saturated carbocycles. The molecule has 0 amide bonds. The predicted octanol–water partition coefficient (Wildman–Crippen LogP) is 3.56. The summed E-state index contributed by atoms with van der Waals surface area (Å²) >= 11 is 0. The zero-order chi connectivity index (χ0) is 13.9. The van der Waals surface area contributed by atoms with Crippen LogP contribution in [-0.4, -0.2) is 22.6 Å². The summed E-state index contributed by atoms with van der Waals surface area (Å²) in [4.78, 5) is 8.56. The molecule has 1 aliphatic carbocycles. The van der Waals surface area contributed by atoms with E-state index < -0.39 is 0 Å². The number of ether oxygens (including phenoxy) is 1. The summed E-state index contributed by atoms with van der Waals surface area (Å²) in [7, 11) is 0. The molecule has 0 radical (unpaired) electrons. The van der Waals surface area contributed by atoms with Crippen molar-refractivity contribution in [3.63, 3.8) is 0 Å². The van der Waals surface area contributed by atoms with Crippen molar-refractivity contribution in [3.05, 3.63) is 11.9 Å². The molecule has 1 N–H and O–H groups in total. The fourth-order valence-electron chi connectivity index (χ4n) is 2.79. The molecule has 1 atom stereocenters. The van der Waals surface area contributed by atoms with E-state index in [4.69, 9.17) is 4.74 Å². The monoisotopic (exact) mass is 263 g/mol. The normalized spacial score (nSPS) is 22.0. The molecule has 0 aromatic carbocycles. The standard InChI is InChI=1S/C15H25N3O/c1-5-19-14-11(2)13(16-10-17-14)18-12-8-6-7-9-15(12,3)4/h10,12H,5-9H2,1-4H3,(H,16,17,18). The Labute approximate surface area is 116 Å². The van der Waals surface area contributed by atoms with Crippen molar-refractivity contribution in [1.82, 2.24) is 9.97 Å². The molecule has 4 heteroatoms. The van der Waals surface area contributed by atoms with Crippen molar-refractivity contribution < 1.29 is 4.74 Å². The number of hydrogen-bond acceptors (Lipinski definition) is 4. The Hall–Kier alpha value is -1.32. The van der Waals surface area contributed by atoms with Crippen molar-refractivity contribution in [2.75, 3.05) is 11.9 Å². The van der Waals surface area contributed by atoms with Gasteiger partial charge in [0.05, 0.1) is 12.2 Å². The lowest BCUT2D eigenvalue weighted by molar-refractivity contribution is 0.216. The molecule has 0 aliphatic heterocycles. The van der Waals surface area contributed by atoms with Crippen LogP contribution in [0.25, 0.3) is 0 Å². The molecular formula is C15H25N3O. The topological polar surface area (TPSA) is 47.0 Å². The zero-order valence-electron chi connectivity index (χ0n) is 12.5. The van der Waals surface area contributed by atoms with Crippen LogP contribution in [0.3, 0.4) is 0 Å². The van der Waals surface area contributed by atoms with E-state index in [2.05, 4.69) is 29.1 Å². The molecule has 1 heterocycles. The molecular weight excluding hydrogens is 238 g/mol. The average molecular weight is 263 g/mol. The summed E-state index contributed by atoms with van der Waals surface area (Å²) in [5, 5.41) is 3.61. The van der Waals surface area contributed by atoms with E-state index in [1.165, 1.54) is 25.7 Å². The van der Waals surface area contributed by atoms with Gasteiger partial charge in [0.15, 0.2) is 0 Å². The fourth-order valence-corrected chi connectivity index (χ4v) is 2.79. The molecule has 106 valence electrons. The molecule has 4 nitrogen and oxygen atoms in total. The zero-order valence-corrected chi connectivity index (χ0v) is 12.5. The molecule has 1 fully saturated rings. The summed E-state index contributed by atoms with van der Waals surface area (Å²) in [6.45, 7) is 9.29. The Kier molecular flexibility index (Phi) is 4.27. The molecule has 0 saturated heterocycles.